The largest absolute Gasteiger partial charge is 0.390 e. The van der Waals surface area contributed by atoms with E-state index in [0.717, 1.165) is 0 Å². The van der Waals surface area contributed by atoms with E-state index in [1.165, 1.54) is 6.34 Å². The summed E-state index contributed by atoms with van der Waals surface area (Å²) in [5.74, 6) is 0. The smallest absolute Gasteiger partial charge is 0.0852 e. The molecule has 0 amide bonds. The number of rotatable bonds is 3. The van der Waals surface area contributed by atoms with Crippen molar-refractivity contribution in [2.75, 3.05) is 6.61 Å². The van der Waals surface area contributed by atoms with E-state index in [1.807, 2.05) is 26.8 Å². The molecular weight excluding hydrogens is 140 g/mol. The average molecular weight is 156 g/mol. The van der Waals surface area contributed by atoms with Crippen molar-refractivity contribution in [3.05, 3.63) is 12.3 Å². The summed E-state index contributed by atoms with van der Waals surface area (Å²) in [5.41, 5.74) is 4.93. The van der Waals surface area contributed by atoms with Gasteiger partial charge < -0.3 is 10.5 Å². The molecule has 0 aromatic rings. The second-order valence-corrected chi connectivity index (χ2v) is 3.11. The fourth-order valence-electron chi connectivity index (χ4n) is 0.452. The van der Waals surface area contributed by atoms with Crippen LogP contribution in [0.5, 0.6) is 0 Å². The lowest BCUT2D eigenvalue weighted by atomic mass is 10.2. The number of hydrogen-bond donors (Lipinski definition) is 1. The summed E-state index contributed by atoms with van der Waals surface area (Å²) < 4.78 is 5.37. The zero-order chi connectivity index (χ0) is 8.74. The lowest BCUT2D eigenvalue weighted by molar-refractivity contribution is 0.0149. The molecule has 0 rings (SSSR count). The number of hydrogen-bond acceptors (Lipinski definition) is 2. The molecule has 0 fully saturated rings. The van der Waals surface area contributed by atoms with Gasteiger partial charge in [0.2, 0.25) is 0 Å². The Labute approximate surface area is 68.0 Å². The molecule has 0 atom stereocenters. The van der Waals surface area contributed by atoms with Crippen LogP contribution in [0.15, 0.2) is 17.3 Å². The SMILES string of the molecule is CC(C)(C)OC/C=C\N=CN. The van der Waals surface area contributed by atoms with Crippen molar-refractivity contribution in [1.29, 1.82) is 0 Å². The summed E-state index contributed by atoms with van der Waals surface area (Å²) in [6.07, 6.45) is 4.67. The molecule has 2 N–H and O–H groups in total. The van der Waals surface area contributed by atoms with E-state index in [9.17, 15) is 0 Å². The van der Waals surface area contributed by atoms with Gasteiger partial charge in [-0.1, -0.05) is 0 Å². The first kappa shape index (κ1) is 10.2. The highest BCUT2D eigenvalue weighted by atomic mass is 16.5. The molecule has 0 aromatic heterocycles. The van der Waals surface area contributed by atoms with Crippen molar-refractivity contribution < 1.29 is 4.74 Å². The van der Waals surface area contributed by atoms with E-state index >= 15 is 0 Å². The highest BCUT2D eigenvalue weighted by molar-refractivity contribution is 5.52. The van der Waals surface area contributed by atoms with Crippen LogP contribution in [0.2, 0.25) is 0 Å². The quantitative estimate of drug-likeness (QED) is 0.494. The van der Waals surface area contributed by atoms with Gasteiger partial charge in [-0.2, -0.15) is 0 Å². The van der Waals surface area contributed by atoms with E-state index in [-0.39, 0.29) is 5.60 Å². The Morgan fingerprint density at radius 2 is 2.09 bits per heavy atom. The van der Waals surface area contributed by atoms with Gasteiger partial charge in [-0.15, -0.1) is 0 Å². The van der Waals surface area contributed by atoms with Crippen molar-refractivity contribution in [2.24, 2.45) is 10.7 Å². The van der Waals surface area contributed by atoms with Crippen LogP contribution >= 0.6 is 0 Å². The van der Waals surface area contributed by atoms with Gasteiger partial charge in [0.1, 0.15) is 0 Å². The maximum atomic E-state index is 5.37. The highest BCUT2D eigenvalue weighted by Crippen LogP contribution is 2.05. The molecule has 0 saturated heterocycles. The topological polar surface area (TPSA) is 47.6 Å². The van der Waals surface area contributed by atoms with Crippen LogP contribution in [0, 0.1) is 0 Å². The third-order valence-corrected chi connectivity index (χ3v) is 0.890. The van der Waals surface area contributed by atoms with Gasteiger partial charge in [-0.05, 0) is 26.8 Å². The van der Waals surface area contributed by atoms with Crippen LogP contribution in [0.25, 0.3) is 0 Å². The second kappa shape index (κ2) is 4.91. The van der Waals surface area contributed by atoms with E-state index in [4.69, 9.17) is 10.5 Å². The predicted molar refractivity (Wildman–Crippen MR) is 47.5 cm³/mol. The molecular formula is C8H16N2O. The Morgan fingerprint density at radius 1 is 1.45 bits per heavy atom. The molecule has 0 unspecified atom stereocenters. The molecule has 0 aliphatic heterocycles. The third kappa shape index (κ3) is 9.17. The fraction of sp³-hybridized carbons (Fsp3) is 0.625. The molecule has 0 aromatic carbocycles. The first-order valence-electron chi connectivity index (χ1n) is 3.58. The summed E-state index contributed by atoms with van der Waals surface area (Å²) >= 11 is 0. The number of aliphatic imine (C=N–C) groups is 1. The molecule has 0 bridgehead atoms. The van der Waals surface area contributed by atoms with E-state index in [2.05, 4.69) is 4.99 Å². The van der Waals surface area contributed by atoms with Crippen LogP contribution < -0.4 is 5.73 Å². The molecule has 0 spiro atoms. The number of ether oxygens (including phenoxy) is 1. The molecule has 0 saturated carbocycles. The molecule has 11 heavy (non-hydrogen) atoms. The Hall–Kier alpha value is -0.830. The minimum absolute atomic E-state index is 0.0865. The van der Waals surface area contributed by atoms with Crippen LogP contribution in [0.1, 0.15) is 20.8 Å². The van der Waals surface area contributed by atoms with Crippen LogP contribution in [0.3, 0.4) is 0 Å². The lowest BCUT2D eigenvalue weighted by Crippen LogP contribution is -2.18. The van der Waals surface area contributed by atoms with Gasteiger partial charge >= 0.3 is 0 Å². The summed E-state index contributed by atoms with van der Waals surface area (Å²) in [6, 6.07) is 0. The van der Waals surface area contributed by atoms with Gasteiger partial charge in [0.25, 0.3) is 0 Å². The second-order valence-electron chi connectivity index (χ2n) is 3.11. The minimum atomic E-state index is -0.0865. The first-order valence-corrected chi connectivity index (χ1v) is 3.58. The standard InChI is InChI=1S/C8H16N2O/c1-8(2,3)11-6-4-5-10-7-9/h4-5,7H,6H2,1-3H3,(H2,9,10)/b5-4-. The molecule has 64 valence electrons. The molecule has 0 aliphatic rings. The Balaban J connectivity index is 3.42. The maximum absolute atomic E-state index is 5.37. The van der Waals surface area contributed by atoms with Gasteiger partial charge in [-0.25, -0.2) is 4.99 Å². The molecule has 0 aliphatic carbocycles. The summed E-state index contributed by atoms with van der Waals surface area (Å²) in [7, 11) is 0. The Morgan fingerprint density at radius 3 is 2.55 bits per heavy atom. The normalized spacial score (nSPS) is 13.4. The van der Waals surface area contributed by atoms with Crippen molar-refractivity contribution >= 4 is 6.34 Å². The Kier molecular flexibility index (Phi) is 4.54. The third-order valence-electron chi connectivity index (χ3n) is 0.890. The summed E-state index contributed by atoms with van der Waals surface area (Å²) in [4.78, 5) is 3.68. The van der Waals surface area contributed by atoms with Crippen molar-refractivity contribution in [1.82, 2.24) is 0 Å². The minimum Gasteiger partial charge on any atom is -0.390 e. The number of nitrogens with two attached hydrogens (primary N) is 1. The molecule has 0 heterocycles. The monoisotopic (exact) mass is 156 g/mol. The molecule has 3 nitrogen and oxygen atoms in total. The average Bonchev–Trinajstić information content (AvgIpc) is 1.85. The Bertz CT molecular complexity index is 145. The van der Waals surface area contributed by atoms with Crippen molar-refractivity contribution in [2.45, 2.75) is 26.4 Å². The fourth-order valence-corrected chi connectivity index (χ4v) is 0.452. The zero-order valence-electron chi connectivity index (χ0n) is 7.37. The van der Waals surface area contributed by atoms with E-state index < -0.39 is 0 Å². The first-order chi connectivity index (χ1) is 5.06. The van der Waals surface area contributed by atoms with Crippen LogP contribution in [-0.4, -0.2) is 18.5 Å². The van der Waals surface area contributed by atoms with E-state index in [0.29, 0.717) is 6.61 Å². The van der Waals surface area contributed by atoms with Crippen molar-refractivity contribution in [3.8, 4) is 0 Å². The van der Waals surface area contributed by atoms with E-state index in [1.54, 1.807) is 6.20 Å². The van der Waals surface area contributed by atoms with Gasteiger partial charge in [0.15, 0.2) is 0 Å². The summed E-state index contributed by atoms with van der Waals surface area (Å²) in [5, 5.41) is 0. The van der Waals surface area contributed by atoms with Gasteiger partial charge in [0.05, 0.1) is 18.5 Å². The molecule has 3 heteroatoms. The zero-order valence-corrected chi connectivity index (χ0v) is 7.37. The number of nitrogens with zero attached hydrogens (tertiary/aromatic N) is 1. The van der Waals surface area contributed by atoms with Gasteiger partial charge in [0, 0.05) is 6.20 Å². The van der Waals surface area contributed by atoms with Gasteiger partial charge in [-0.3, -0.25) is 0 Å². The summed E-state index contributed by atoms with van der Waals surface area (Å²) in [6.45, 7) is 6.59. The van der Waals surface area contributed by atoms with Crippen LogP contribution in [-0.2, 0) is 4.74 Å². The van der Waals surface area contributed by atoms with Crippen LogP contribution in [0.4, 0.5) is 0 Å². The maximum Gasteiger partial charge on any atom is 0.0852 e. The predicted octanol–water partition coefficient (Wildman–Crippen LogP) is 1.30. The lowest BCUT2D eigenvalue weighted by Gasteiger charge is -2.17. The van der Waals surface area contributed by atoms with Crippen molar-refractivity contribution in [3.63, 3.8) is 0 Å². The molecule has 0 radical (unpaired) electrons. The highest BCUT2D eigenvalue weighted by Gasteiger charge is 2.07.